The van der Waals surface area contributed by atoms with Crippen molar-refractivity contribution >= 4 is 5.91 Å². The Hall–Kier alpha value is -1.29. The number of aliphatic hydroxyl groups excluding tert-OH is 1. The molecule has 4 nitrogen and oxygen atoms in total. The van der Waals surface area contributed by atoms with Gasteiger partial charge in [0, 0.05) is 24.9 Å². The van der Waals surface area contributed by atoms with E-state index in [-0.39, 0.29) is 18.1 Å². The van der Waals surface area contributed by atoms with E-state index in [9.17, 15) is 9.90 Å². The maximum absolute atomic E-state index is 12.5. The summed E-state index contributed by atoms with van der Waals surface area (Å²) in [6.45, 7) is 0.859. The summed E-state index contributed by atoms with van der Waals surface area (Å²) < 4.78 is 5.04. The van der Waals surface area contributed by atoms with Crippen LogP contribution in [-0.4, -0.2) is 34.6 Å². The zero-order valence-corrected chi connectivity index (χ0v) is 12.5. The summed E-state index contributed by atoms with van der Waals surface area (Å²) in [4.78, 5) is 14.6. The van der Waals surface area contributed by atoms with Crippen molar-refractivity contribution in [2.45, 2.75) is 63.5 Å². The minimum Gasteiger partial charge on any atom is -0.472 e. The van der Waals surface area contributed by atoms with Crippen molar-refractivity contribution in [1.29, 1.82) is 0 Å². The SMILES string of the molecule is O=C(CCc1ccoc1)N1CCCC1C1CCCCC1O. The normalized spacial score (nSPS) is 29.8. The summed E-state index contributed by atoms with van der Waals surface area (Å²) in [5, 5.41) is 10.3. The number of carbonyl (C=O) groups is 1. The Morgan fingerprint density at radius 3 is 2.90 bits per heavy atom. The molecule has 1 amide bonds. The Kier molecular flexibility index (Phi) is 4.63. The van der Waals surface area contributed by atoms with Gasteiger partial charge in [-0.25, -0.2) is 0 Å². The van der Waals surface area contributed by atoms with Crippen LogP contribution in [0.15, 0.2) is 23.0 Å². The first-order valence-electron chi connectivity index (χ1n) is 8.24. The van der Waals surface area contributed by atoms with Gasteiger partial charge >= 0.3 is 0 Å². The zero-order chi connectivity index (χ0) is 14.7. The Morgan fingerprint density at radius 1 is 1.29 bits per heavy atom. The number of carbonyl (C=O) groups excluding carboxylic acids is 1. The number of amides is 1. The second-order valence-electron chi connectivity index (χ2n) is 6.44. The molecule has 1 saturated heterocycles. The molecular formula is C17H25NO3. The quantitative estimate of drug-likeness (QED) is 0.928. The summed E-state index contributed by atoms with van der Waals surface area (Å²) in [6.07, 6.45) is 10.8. The fraction of sp³-hybridized carbons (Fsp3) is 0.706. The fourth-order valence-corrected chi connectivity index (χ4v) is 3.97. The molecule has 2 fully saturated rings. The van der Waals surface area contributed by atoms with Gasteiger partial charge in [-0.3, -0.25) is 4.79 Å². The van der Waals surface area contributed by atoms with Crippen molar-refractivity contribution < 1.29 is 14.3 Å². The van der Waals surface area contributed by atoms with Gasteiger partial charge in [0.25, 0.3) is 0 Å². The molecule has 1 saturated carbocycles. The van der Waals surface area contributed by atoms with Gasteiger partial charge in [0.05, 0.1) is 18.6 Å². The lowest BCUT2D eigenvalue weighted by molar-refractivity contribution is -0.134. The van der Waals surface area contributed by atoms with Crippen LogP contribution in [0.1, 0.15) is 50.5 Å². The van der Waals surface area contributed by atoms with Crippen molar-refractivity contribution in [2.24, 2.45) is 5.92 Å². The highest BCUT2D eigenvalue weighted by Gasteiger charge is 2.38. The van der Waals surface area contributed by atoms with E-state index < -0.39 is 0 Å². The number of likely N-dealkylation sites (tertiary alicyclic amines) is 1. The molecule has 1 aromatic heterocycles. The lowest BCUT2D eigenvalue weighted by Gasteiger charge is -2.37. The number of aliphatic hydroxyl groups is 1. The number of hydrogen-bond acceptors (Lipinski definition) is 3. The van der Waals surface area contributed by atoms with E-state index in [0.29, 0.717) is 12.3 Å². The van der Waals surface area contributed by atoms with E-state index in [0.717, 1.165) is 50.6 Å². The standard InChI is InChI=1S/C17H25NO3/c19-16-6-2-1-4-14(16)15-5-3-10-18(15)17(20)8-7-13-9-11-21-12-13/h9,11-12,14-16,19H,1-8,10H2. The van der Waals surface area contributed by atoms with Gasteiger partial charge in [-0.05, 0) is 43.7 Å². The lowest BCUT2D eigenvalue weighted by Crippen LogP contribution is -2.45. The number of furan rings is 1. The minimum absolute atomic E-state index is 0.217. The first kappa shape index (κ1) is 14.6. The average Bonchev–Trinajstić information content (AvgIpc) is 3.16. The first-order chi connectivity index (χ1) is 10.3. The lowest BCUT2D eigenvalue weighted by atomic mass is 9.80. The second-order valence-corrected chi connectivity index (χ2v) is 6.44. The van der Waals surface area contributed by atoms with Gasteiger partial charge in [0.1, 0.15) is 0 Å². The molecule has 116 valence electrons. The summed E-state index contributed by atoms with van der Waals surface area (Å²) in [5.41, 5.74) is 1.08. The molecule has 0 aromatic carbocycles. The van der Waals surface area contributed by atoms with Gasteiger partial charge in [0.2, 0.25) is 5.91 Å². The first-order valence-corrected chi connectivity index (χ1v) is 8.24. The van der Waals surface area contributed by atoms with E-state index in [1.165, 1.54) is 6.42 Å². The van der Waals surface area contributed by atoms with Crippen LogP contribution in [0.5, 0.6) is 0 Å². The van der Waals surface area contributed by atoms with Crippen LogP contribution < -0.4 is 0 Å². The average molecular weight is 291 g/mol. The molecule has 21 heavy (non-hydrogen) atoms. The molecule has 1 N–H and O–H groups in total. The van der Waals surface area contributed by atoms with E-state index >= 15 is 0 Å². The summed E-state index contributed by atoms with van der Waals surface area (Å²) in [5.74, 6) is 0.524. The van der Waals surface area contributed by atoms with E-state index in [2.05, 4.69) is 0 Å². The van der Waals surface area contributed by atoms with Crippen LogP contribution in [-0.2, 0) is 11.2 Å². The Balaban J connectivity index is 1.59. The smallest absolute Gasteiger partial charge is 0.223 e. The molecule has 1 aliphatic carbocycles. The molecule has 3 rings (SSSR count). The van der Waals surface area contributed by atoms with Crippen LogP contribution in [0.2, 0.25) is 0 Å². The van der Waals surface area contributed by atoms with Crippen molar-refractivity contribution in [3.05, 3.63) is 24.2 Å². The van der Waals surface area contributed by atoms with Crippen LogP contribution in [0.3, 0.4) is 0 Å². The third-order valence-electron chi connectivity index (χ3n) is 5.10. The van der Waals surface area contributed by atoms with Gasteiger partial charge in [-0.1, -0.05) is 12.8 Å². The van der Waals surface area contributed by atoms with Gasteiger partial charge in [-0.2, -0.15) is 0 Å². The molecule has 0 spiro atoms. The highest BCUT2D eigenvalue weighted by molar-refractivity contribution is 5.77. The monoisotopic (exact) mass is 291 g/mol. The van der Waals surface area contributed by atoms with Crippen molar-refractivity contribution in [3.63, 3.8) is 0 Å². The Morgan fingerprint density at radius 2 is 2.14 bits per heavy atom. The van der Waals surface area contributed by atoms with Crippen molar-refractivity contribution in [2.75, 3.05) is 6.54 Å². The van der Waals surface area contributed by atoms with Crippen molar-refractivity contribution in [1.82, 2.24) is 4.90 Å². The molecular weight excluding hydrogens is 266 g/mol. The summed E-state index contributed by atoms with van der Waals surface area (Å²) >= 11 is 0. The molecule has 0 bridgehead atoms. The van der Waals surface area contributed by atoms with E-state index in [4.69, 9.17) is 4.42 Å². The molecule has 3 atom stereocenters. The van der Waals surface area contributed by atoms with Gasteiger partial charge < -0.3 is 14.4 Å². The number of hydrogen-bond donors (Lipinski definition) is 1. The number of rotatable bonds is 4. The number of nitrogens with zero attached hydrogens (tertiary/aromatic N) is 1. The third kappa shape index (κ3) is 3.31. The molecule has 3 unspecified atom stereocenters. The fourth-order valence-electron chi connectivity index (χ4n) is 3.97. The molecule has 0 radical (unpaired) electrons. The third-order valence-corrected chi connectivity index (χ3v) is 5.10. The van der Waals surface area contributed by atoms with E-state index in [1.807, 2.05) is 11.0 Å². The van der Waals surface area contributed by atoms with Gasteiger partial charge in [-0.15, -0.1) is 0 Å². The minimum atomic E-state index is -0.217. The molecule has 4 heteroatoms. The maximum Gasteiger partial charge on any atom is 0.223 e. The zero-order valence-electron chi connectivity index (χ0n) is 12.5. The van der Waals surface area contributed by atoms with Crippen LogP contribution in [0, 0.1) is 5.92 Å². The summed E-state index contributed by atoms with van der Waals surface area (Å²) in [6, 6.07) is 2.18. The molecule has 1 aliphatic heterocycles. The predicted molar refractivity (Wildman–Crippen MR) is 79.7 cm³/mol. The topological polar surface area (TPSA) is 53.7 Å². The maximum atomic E-state index is 12.5. The largest absolute Gasteiger partial charge is 0.472 e. The van der Waals surface area contributed by atoms with Crippen LogP contribution in [0.25, 0.3) is 0 Å². The summed E-state index contributed by atoms with van der Waals surface area (Å²) in [7, 11) is 0. The predicted octanol–water partition coefficient (Wildman–Crippen LogP) is 2.75. The Bertz CT molecular complexity index is 457. The molecule has 1 aromatic rings. The highest BCUT2D eigenvalue weighted by atomic mass is 16.3. The second kappa shape index (κ2) is 6.65. The van der Waals surface area contributed by atoms with Crippen LogP contribution in [0.4, 0.5) is 0 Å². The Labute approximate surface area is 126 Å². The van der Waals surface area contributed by atoms with Crippen LogP contribution >= 0.6 is 0 Å². The highest BCUT2D eigenvalue weighted by Crippen LogP contribution is 2.35. The van der Waals surface area contributed by atoms with Crippen molar-refractivity contribution in [3.8, 4) is 0 Å². The molecule has 2 aliphatic rings. The molecule has 2 heterocycles. The van der Waals surface area contributed by atoms with Gasteiger partial charge in [0.15, 0.2) is 0 Å². The number of aryl methyl sites for hydroxylation is 1. The van der Waals surface area contributed by atoms with E-state index in [1.54, 1.807) is 12.5 Å².